The van der Waals surface area contributed by atoms with E-state index >= 15 is 0 Å². The molecule has 0 atom stereocenters. The van der Waals surface area contributed by atoms with Crippen molar-refractivity contribution >= 4 is 12.9 Å². The van der Waals surface area contributed by atoms with Crippen LogP contribution in [0.3, 0.4) is 0 Å². The predicted octanol–water partition coefficient (Wildman–Crippen LogP) is 2.93. The van der Waals surface area contributed by atoms with Gasteiger partial charge in [0.1, 0.15) is 6.10 Å². The quantitative estimate of drug-likeness (QED) is 0.500. The van der Waals surface area contributed by atoms with Gasteiger partial charge in [-0.25, -0.2) is 4.99 Å². The minimum Gasteiger partial charge on any atom is -0.473 e. The first-order valence-corrected chi connectivity index (χ1v) is 5.18. The number of ether oxygens (including phenoxy) is 1. The summed E-state index contributed by atoms with van der Waals surface area (Å²) < 4.78 is 5.70. The van der Waals surface area contributed by atoms with Gasteiger partial charge < -0.3 is 4.74 Å². The molecule has 14 heavy (non-hydrogen) atoms. The number of rotatable bonds is 4. The summed E-state index contributed by atoms with van der Waals surface area (Å²) in [6.45, 7) is 5.26. The number of nitrogens with zero attached hydrogens (tertiary/aromatic N) is 2. The van der Waals surface area contributed by atoms with Crippen LogP contribution < -0.4 is 0 Å². The molecule has 0 unspecified atom stereocenters. The third-order valence-electron chi connectivity index (χ3n) is 2.30. The van der Waals surface area contributed by atoms with E-state index in [9.17, 15) is 0 Å². The maximum atomic E-state index is 5.70. The third-order valence-corrected chi connectivity index (χ3v) is 2.30. The lowest BCUT2D eigenvalue weighted by Crippen LogP contribution is -2.15. The van der Waals surface area contributed by atoms with Gasteiger partial charge in [0.15, 0.2) is 0 Å². The Bertz CT molecular complexity index is 227. The molecule has 3 heteroatoms. The molecule has 3 nitrogen and oxygen atoms in total. The van der Waals surface area contributed by atoms with Crippen molar-refractivity contribution in [3.8, 4) is 0 Å². The van der Waals surface area contributed by atoms with Crippen molar-refractivity contribution in [2.24, 2.45) is 9.98 Å². The largest absolute Gasteiger partial charge is 0.473 e. The van der Waals surface area contributed by atoms with Crippen molar-refractivity contribution in [3.05, 3.63) is 12.1 Å². The van der Waals surface area contributed by atoms with Crippen molar-refractivity contribution in [2.45, 2.75) is 45.1 Å². The topological polar surface area (TPSA) is 34.0 Å². The van der Waals surface area contributed by atoms with Gasteiger partial charge >= 0.3 is 0 Å². The van der Waals surface area contributed by atoms with Gasteiger partial charge in [-0.3, -0.25) is 4.99 Å². The van der Waals surface area contributed by atoms with Gasteiger partial charge in [-0.05, 0) is 39.3 Å². The second-order valence-corrected chi connectivity index (χ2v) is 3.42. The van der Waals surface area contributed by atoms with Gasteiger partial charge in [0.2, 0.25) is 5.88 Å². The Kier molecular flexibility index (Phi) is 4.97. The lowest BCUT2D eigenvalue weighted by Gasteiger charge is -2.22. The Balaban J connectivity index is 2.45. The van der Waals surface area contributed by atoms with Crippen LogP contribution in [-0.2, 0) is 4.74 Å². The molecule has 0 amide bonds. The van der Waals surface area contributed by atoms with Crippen LogP contribution in [0.1, 0.15) is 39.0 Å². The Hall–Kier alpha value is -1.12. The van der Waals surface area contributed by atoms with E-state index in [2.05, 4.69) is 16.7 Å². The van der Waals surface area contributed by atoms with Crippen LogP contribution in [0.5, 0.6) is 0 Å². The minimum atomic E-state index is 0.320. The zero-order valence-corrected chi connectivity index (χ0v) is 8.78. The summed E-state index contributed by atoms with van der Waals surface area (Å²) in [5, 5.41) is 0. The van der Waals surface area contributed by atoms with E-state index in [1.807, 2.05) is 6.92 Å². The van der Waals surface area contributed by atoms with Gasteiger partial charge in [-0.2, -0.15) is 0 Å². The number of aliphatic imine (C=N–C) groups is 2. The van der Waals surface area contributed by atoms with Gasteiger partial charge in [0.05, 0.1) is 6.20 Å². The summed E-state index contributed by atoms with van der Waals surface area (Å²) in [6.07, 6.45) is 9.70. The predicted molar refractivity (Wildman–Crippen MR) is 59.8 cm³/mol. The molecule has 1 aliphatic rings. The maximum Gasteiger partial charge on any atom is 0.232 e. The summed E-state index contributed by atoms with van der Waals surface area (Å²) in [6, 6.07) is 0. The molecular weight excluding hydrogens is 176 g/mol. The van der Waals surface area contributed by atoms with E-state index in [0.717, 1.165) is 12.8 Å². The van der Waals surface area contributed by atoms with Crippen molar-refractivity contribution in [1.82, 2.24) is 0 Å². The van der Waals surface area contributed by atoms with Crippen LogP contribution in [0, 0.1) is 0 Å². The molecule has 1 rings (SSSR count). The number of hydrogen-bond donors (Lipinski definition) is 0. The lowest BCUT2D eigenvalue weighted by atomic mass is 9.98. The fourth-order valence-electron chi connectivity index (χ4n) is 1.65. The molecule has 1 saturated carbocycles. The van der Waals surface area contributed by atoms with E-state index in [1.165, 1.54) is 19.3 Å². The van der Waals surface area contributed by atoms with E-state index in [1.54, 1.807) is 12.4 Å². The first-order valence-electron chi connectivity index (χ1n) is 5.18. The monoisotopic (exact) mass is 194 g/mol. The van der Waals surface area contributed by atoms with Crippen LogP contribution >= 0.6 is 0 Å². The summed E-state index contributed by atoms with van der Waals surface area (Å²) in [5.41, 5.74) is 0. The second-order valence-electron chi connectivity index (χ2n) is 3.42. The highest BCUT2D eigenvalue weighted by Gasteiger charge is 2.15. The Morgan fingerprint density at radius 2 is 2.07 bits per heavy atom. The summed E-state index contributed by atoms with van der Waals surface area (Å²) in [5.74, 6) is 0.578. The van der Waals surface area contributed by atoms with Crippen LogP contribution in [-0.4, -0.2) is 19.0 Å². The molecule has 0 aliphatic heterocycles. The molecule has 78 valence electrons. The molecule has 0 bridgehead atoms. The standard InChI is InChI=1S/C11H18N2O/c1-3-13-11(9-12-2)14-10-7-5-4-6-8-10/h3,9-10H,2,4-8H2,1H3/b11-9+,13-3-. The zero-order valence-electron chi connectivity index (χ0n) is 8.78. The van der Waals surface area contributed by atoms with E-state index in [0.29, 0.717) is 12.0 Å². The van der Waals surface area contributed by atoms with Crippen LogP contribution in [0.4, 0.5) is 0 Å². The molecular formula is C11H18N2O. The minimum absolute atomic E-state index is 0.320. The van der Waals surface area contributed by atoms with E-state index in [4.69, 9.17) is 4.74 Å². The average molecular weight is 194 g/mol. The molecule has 0 aromatic carbocycles. The normalized spacial score (nSPS) is 19.9. The summed E-state index contributed by atoms with van der Waals surface area (Å²) in [7, 11) is 0. The van der Waals surface area contributed by atoms with E-state index in [-0.39, 0.29) is 0 Å². The molecule has 1 fully saturated rings. The van der Waals surface area contributed by atoms with Gasteiger partial charge in [0.25, 0.3) is 0 Å². The van der Waals surface area contributed by atoms with Crippen molar-refractivity contribution in [2.75, 3.05) is 0 Å². The average Bonchev–Trinajstić information content (AvgIpc) is 2.20. The maximum absolute atomic E-state index is 5.70. The first kappa shape index (κ1) is 11.0. The fraction of sp³-hybridized carbons (Fsp3) is 0.636. The van der Waals surface area contributed by atoms with Gasteiger partial charge in [-0.15, -0.1) is 0 Å². The fourth-order valence-corrected chi connectivity index (χ4v) is 1.65. The third kappa shape index (κ3) is 3.73. The van der Waals surface area contributed by atoms with Crippen LogP contribution in [0.15, 0.2) is 22.1 Å². The highest BCUT2D eigenvalue weighted by molar-refractivity contribution is 5.54. The van der Waals surface area contributed by atoms with Crippen molar-refractivity contribution in [3.63, 3.8) is 0 Å². The molecule has 0 N–H and O–H groups in total. The Labute approximate surface area is 85.6 Å². The summed E-state index contributed by atoms with van der Waals surface area (Å²) >= 11 is 0. The molecule has 0 radical (unpaired) electrons. The lowest BCUT2D eigenvalue weighted by molar-refractivity contribution is 0.0811. The van der Waals surface area contributed by atoms with Gasteiger partial charge in [0, 0.05) is 6.21 Å². The first-order chi connectivity index (χ1) is 6.86. The Morgan fingerprint density at radius 1 is 1.36 bits per heavy atom. The van der Waals surface area contributed by atoms with Crippen LogP contribution in [0.2, 0.25) is 0 Å². The molecule has 0 aromatic rings. The molecule has 1 aliphatic carbocycles. The SMILES string of the molecule is C=N/C=C(\N=C/C)OC1CCCCC1. The highest BCUT2D eigenvalue weighted by atomic mass is 16.5. The van der Waals surface area contributed by atoms with Gasteiger partial charge in [-0.1, -0.05) is 6.42 Å². The Morgan fingerprint density at radius 3 is 2.64 bits per heavy atom. The van der Waals surface area contributed by atoms with E-state index < -0.39 is 0 Å². The smallest absolute Gasteiger partial charge is 0.232 e. The molecule has 0 aromatic heterocycles. The molecule has 0 saturated heterocycles. The number of hydrogen-bond acceptors (Lipinski definition) is 3. The summed E-state index contributed by atoms with van der Waals surface area (Å²) in [4.78, 5) is 7.76. The van der Waals surface area contributed by atoms with Crippen molar-refractivity contribution < 1.29 is 4.74 Å². The molecule has 0 heterocycles. The zero-order chi connectivity index (χ0) is 10.2. The molecule has 0 spiro atoms. The highest BCUT2D eigenvalue weighted by Crippen LogP contribution is 2.22. The van der Waals surface area contributed by atoms with Crippen molar-refractivity contribution in [1.29, 1.82) is 0 Å². The van der Waals surface area contributed by atoms with Crippen LogP contribution in [0.25, 0.3) is 0 Å². The second kappa shape index (κ2) is 6.35.